The highest BCUT2D eigenvalue weighted by molar-refractivity contribution is 6.74. The van der Waals surface area contributed by atoms with Crippen LogP contribution in [0.15, 0.2) is 11.6 Å². The van der Waals surface area contributed by atoms with Crippen molar-refractivity contribution in [1.82, 2.24) is 0 Å². The van der Waals surface area contributed by atoms with Gasteiger partial charge in [0, 0.05) is 0 Å². The van der Waals surface area contributed by atoms with Gasteiger partial charge < -0.3 is 9.53 Å². The largest absolute Gasteiger partial charge is 0.409 e. The van der Waals surface area contributed by atoms with Crippen LogP contribution in [-0.2, 0) is 9.22 Å². The summed E-state index contributed by atoms with van der Waals surface area (Å²) in [7, 11) is -1.93. The van der Waals surface area contributed by atoms with Crippen molar-refractivity contribution in [3.8, 4) is 0 Å². The molecule has 0 amide bonds. The second-order valence-corrected chi connectivity index (χ2v) is 13.4. The predicted molar refractivity (Wildman–Crippen MR) is 101 cm³/mol. The first-order valence-corrected chi connectivity index (χ1v) is 11.8. The lowest BCUT2D eigenvalue weighted by atomic mass is 10.0. The summed E-state index contributed by atoms with van der Waals surface area (Å²) in [4.78, 5) is 12.1. The van der Waals surface area contributed by atoms with Crippen LogP contribution in [0.4, 0.5) is 0 Å². The molecule has 4 heteroatoms. The number of aliphatic hydroxyl groups excluding tert-OH is 1. The summed E-state index contributed by atoms with van der Waals surface area (Å²) in [6.07, 6.45) is 4.87. The molecule has 0 saturated carbocycles. The number of rotatable bonds is 10. The fraction of sp³-hybridized carbons (Fsp3) is 0.842. The summed E-state index contributed by atoms with van der Waals surface area (Å²) < 4.78 is 5.88. The molecule has 0 saturated heterocycles. The number of carbonyl (C=O) groups excluding carboxylic acids is 1. The van der Waals surface area contributed by atoms with E-state index < -0.39 is 14.4 Å². The molecular formula is C19H38O3Si. The second-order valence-electron chi connectivity index (χ2n) is 8.60. The minimum atomic E-state index is -1.93. The van der Waals surface area contributed by atoms with Gasteiger partial charge in [-0.3, -0.25) is 4.79 Å². The molecule has 1 N–H and O–H groups in total. The van der Waals surface area contributed by atoms with Gasteiger partial charge >= 0.3 is 0 Å². The van der Waals surface area contributed by atoms with Crippen LogP contribution in [0.2, 0.25) is 18.1 Å². The van der Waals surface area contributed by atoms with E-state index >= 15 is 0 Å². The molecule has 1 unspecified atom stereocenters. The van der Waals surface area contributed by atoms with Gasteiger partial charge in [0.1, 0.15) is 6.10 Å². The molecule has 1 atom stereocenters. The van der Waals surface area contributed by atoms with Crippen molar-refractivity contribution in [3.63, 3.8) is 0 Å². The van der Waals surface area contributed by atoms with Gasteiger partial charge in [0.15, 0.2) is 14.1 Å². The molecule has 0 aromatic heterocycles. The van der Waals surface area contributed by atoms with E-state index in [0.717, 1.165) is 12.3 Å². The number of hydrogen-bond donors (Lipinski definition) is 1. The number of aliphatic hydroxyl groups is 1. The van der Waals surface area contributed by atoms with Crippen LogP contribution in [0.3, 0.4) is 0 Å². The Balaban J connectivity index is 4.26. The second kappa shape index (κ2) is 9.75. The van der Waals surface area contributed by atoms with Crippen molar-refractivity contribution in [2.45, 2.75) is 91.5 Å². The van der Waals surface area contributed by atoms with E-state index in [2.05, 4.69) is 54.6 Å². The van der Waals surface area contributed by atoms with E-state index in [-0.39, 0.29) is 17.4 Å². The number of hydrogen-bond acceptors (Lipinski definition) is 3. The van der Waals surface area contributed by atoms with E-state index in [1.807, 2.05) is 6.08 Å². The minimum Gasteiger partial charge on any atom is -0.409 e. The van der Waals surface area contributed by atoms with Crippen molar-refractivity contribution in [3.05, 3.63) is 11.6 Å². The molecule has 0 heterocycles. The highest BCUT2D eigenvalue weighted by Gasteiger charge is 2.37. The average molecular weight is 343 g/mol. The van der Waals surface area contributed by atoms with Gasteiger partial charge in [-0.2, -0.15) is 0 Å². The first-order chi connectivity index (χ1) is 10.4. The summed E-state index contributed by atoms with van der Waals surface area (Å²) in [5.41, 5.74) is 1.25. The molecule has 0 bridgehead atoms. The Morgan fingerprint density at radius 3 is 2.30 bits per heavy atom. The maximum absolute atomic E-state index is 12.1. The Morgan fingerprint density at radius 2 is 1.83 bits per heavy atom. The molecule has 0 aromatic carbocycles. The van der Waals surface area contributed by atoms with Crippen molar-refractivity contribution in [2.75, 3.05) is 6.61 Å². The Bertz CT molecular complexity index is 392. The summed E-state index contributed by atoms with van der Waals surface area (Å²) in [5, 5.41) is 10.1. The van der Waals surface area contributed by atoms with Crippen LogP contribution >= 0.6 is 0 Å². The number of carbonyl (C=O) groups is 1. The first kappa shape index (κ1) is 22.5. The molecule has 23 heavy (non-hydrogen) atoms. The lowest BCUT2D eigenvalue weighted by Gasteiger charge is -2.36. The molecule has 0 aliphatic heterocycles. The first-order valence-electron chi connectivity index (χ1n) is 8.87. The Labute approximate surface area is 144 Å². The third-order valence-corrected chi connectivity index (χ3v) is 9.27. The van der Waals surface area contributed by atoms with Gasteiger partial charge in [-0.25, -0.2) is 0 Å². The third-order valence-electron chi connectivity index (χ3n) is 4.80. The molecule has 0 spiro atoms. The topological polar surface area (TPSA) is 46.5 Å². The van der Waals surface area contributed by atoms with Gasteiger partial charge in [-0.05, 0) is 50.2 Å². The van der Waals surface area contributed by atoms with E-state index in [4.69, 9.17) is 4.43 Å². The van der Waals surface area contributed by atoms with Crippen LogP contribution in [0.25, 0.3) is 0 Å². The smallest absolute Gasteiger partial charge is 0.192 e. The number of ketones is 1. The monoisotopic (exact) mass is 342 g/mol. The predicted octanol–water partition coefficient (Wildman–Crippen LogP) is 5.10. The van der Waals surface area contributed by atoms with Crippen LogP contribution < -0.4 is 0 Å². The van der Waals surface area contributed by atoms with E-state index in [1.165, 1.54) is 18.4 Å². The normalized spacial score (nSPS) is 15.1. The Morgan fingerprint density at radius 1 is 1.26 bits per heavy atom. The summed E-state index contributed by atoms with van der Waals surface area (Å²) in [6.45, 7) is 17.2. The SMILES string of the molecule is CC(=CCC(O)C(=O)CO[Si](C)(C)C(C)(C)C)CCCC(C)C. The number of allylic oxidation sites excluding steroid dienone is 1. The van der Waals surface area contributed by atoms with Gasteiger partial charge in [-0.1, -0.05) is 52.7 Å². The van der Waals surface area contributed by atoms with E-state index in [1.54, 1.807) is 0 Å². The van der Waals surface area contributed by atoms with Gasteiger partial charge in [-0.15, -0.1) is 0 Å². The molecule has 0 aliphatic carbocycles. The molecule has 3 nitrogen and oxygen atoms in total. The fourth-order valence-corrected chi connectivity index (χ4v) is 2.84. The zero-order valence-corrected chi connectivity index (χ0v) is 17.5. The molecule has 0 aliphatic rings. The lowest BCUT2D eigenvalue weighted by molar-refractivity contribution is -0.129. The summed E-state index contributed by atoms with van der Waals surface area (Å²) >= 11 is 0. The maximum Gasteiger partial charge on any atom is 0.192 e. The fourth-order valence-electron chi connectivity index (χ4n) is 1.90. The molecular weight excluding hydrogens is 304 g/mol. The van der Waals surface area contributed by atoms with Crippen molar-refractivity contribution < 1.29 is 14.3 Å². The molecule has 0 fully saturated rings. The molecule has 0 radical (unpaired) electrons. The van der Waals surface area contributed by atoms with Gasteiger partial charge in [0.2, 0.25) is 0 Å². The standard InChI is InChI=1S/C19H38O3Si/c1-15(2)10-9-11-16(3)12-13-17(20)18(21)14-22-23(7,8)19(4,5)6/h12,15,17,20H,9-11,13-14H2,1-8H3. The van der Waals surface area contributed by atoms with Crippen molar-refractivity contribution >= 4 is 14.1 Å². The lowest BCUT2D eigenvalue weighted by Crippen LogP contribution is -2.43. The Hall–Kier alpha value is -0.453. The highest BCUT2D eigenvalue weighted by Crippen LogP contribution is 2.36. The maximum atomic E-state index is 12.1. The number of Topliss-reactive ketones (excluding diaryl/α,β-unsaturated/α-hetero) is 1. The van der Waals surface area contributed by atoms with Crippen molar-refractivity contribution in [1.29, 1.82) is 0 Å². The summed E-state index contributed by atoms with van der Waals surface area (Å²) in [6, 6.07) is 0. The van der Waals surface area contributed by atoms with Crippen LogP contribution in [0.5, 0.6) is 0 Å². The van der Waals surface area contributed by atoms with E-state index in [9.17, 15) is 9.90 Å². The summed E-state index contributed by atoms with van der Waals surface area (Å²) in [5.74, 6) is 0.517. The Kier molecular flexibility index (Phi) is 9.56. The highest BCUT2D eigenvalue weighted by atomic mass is 28.4. The van der Waals surface area contributed by atoms with Crippen LogP contribution in [0.1, 0.15) is 67.2 Å². The van der Waals surface area contributed by atoms with Crippen LogP contribution in [0, 0.1) is 5.92 Å². The minimum absolute atomic E-state index is 0.0257. The quantitative estimate of drug-likeness (QED) is 0.444. The van der Waals surface area contributed by atoms with E-state index in [0.29, 0.717) is 6.42 Å². The average Bonchev–Trinajstić information content (AvgIpc) is 2.40. The molecule has 0 rings (SSSR count). The van der Waals surface area contributed by atoms with Crippen molar-refractivity contribution in [2.24, 2.45) is 5.92 Å². The van der Waals surface area contributed by atoms with Gasteiger partial charge in [0.25, 0.3) is 0 Å². The zero-order valence-electron chi connectivity index (χ0n) is 16.5. The van der Waals surface area contributed by atoms with Gasteiger partial charge in [0.05, 0.1) is 6.61 Å². The molecule has 136 valence electrons. The van der Waals surface area contributed by atoms with Crippen LogP contribution in [-0.4, -0.2) is 31.9 Å². The molecule has 0 aromatic rings. The third kappa shape index (κ3) is 9.43. The zero-order chi connectivity index (χ0) is 18.3.